The van der Waals surface area contributed by atoms with Gasteiger partial charge in [-0.2, -0.15) is 12.6 Å². The molecule has 4 heterocycles. The van der Waals surface area contributed by atoms with Crippen LogP contribution in [-0.4, -0.2) is 53.3 Å². The number of amides is 2. The van der Waals surface area contributed by atoms with Crippen molar-refractivity contribution in [3.8, 4) is 0 Å². The van der Waals surface area contributed by atoms with Crippen molar-refractivity contribution < 1.29 is 14.0 Å². The van der Waals surface area contributed by atoms with E-state index in [4.69, 9.17) is 12.6 Å². The first-order valence-electron chi connectivity index (χ1n) is 13.1. The summed E-state index contributed by atoms with van der Waals surface area (Å²) in [5.41, 5.74) is 6.05. The fraction of sp³-hybridized carbons (Fsp3) is 0.500. The first-order chi connectivity index (χ1) is 17.5. The Bertz CT molecular complexity index is 1180. The van der Waals surface area contributed by atoms with Crippen LogP contribution in [0.3, 0.4) is 0 Å². The molecule has 6 rings (SSSR count). The van der Waals surface area contributed by atoms with Crippen LogP contribution in [-0.2, 0) is 29.1 Å². The number of anilines is 1. The largest absolute Gasteiger partial charge is 0.368 e. The number of hydrogen-bond donors (Lipinski definition) is 2. The number of thiol groups is 1. The molecule has 2 aromatic carbocycles. The molecule has 2 amide bonds. The zero-order chi connectivity index (χ0) is 24.8. The average Bonchev–Trinajstić information content (AvgIpc) is 3.19. The van der Waals surface area contributed by atoms with E-state index in [2.05, 4.69) is 38.2 Å². The summed E-state index contributed by atoms with van der Waals surface area (Å²) in [6.07, 6.45) is 5.22. The van der Waals surface area contributed by atoms with E-state index in [9.17, 15) is 14.0 Å². The van der Waals surface area contributed by atoms with Crippen molar-refractivity contribution in [2.24, 2.45) is 0 Å². The Morgan fingerprint density at radius 1 is 0.972 bits per heavy atom. The summed E-state index contributed by atoms with van der Waals surface area (Å²) in [7, 11) is 0. The molecule has 2 aromatic rings. The van der Waals surface area contributed by atoms with Crippen molar-refractivity contribution in [3.05, 3.63) is 64.5 Å². The first kappa shape index (κ1) is 23.9. The number of hydrogen-bond acceptors (Lipinski definition) is 6. The molecular weight excluding hydrogens is 475 g/mol. The lowest BCUT2D eigenvalue weighted by Gasteiger charge is -2.42. The van der Waals surface area contributed by atoms with Crippen molar-refractivity contribution in [1.82, 2.24) is 15.1 Å². The number of likely N-dealkylation sites (tertiary alicyclic amines) is 1. The van der Waals surface area contributed by atoms with Crippen LogP contribution in [0.15, 0.2) is 36.4 Å². The molecular formula is C28H33FN4O2S. The van der Waals surface area contributed by atoms with Crippen molar-refractivity contribution >= 4 is 30.1 Å². The molecule has 190 valence electrons. The summed E-state index contributed by atoms with van der Waals surface area (Å²) in [4.78, 5) is 31.1. The molecule has 0 radical (unpaired) electrons. The van der Waals surface area contributed by atoms with Gasteiger partial charge in [0, 0.05) is 50.9 Å². The smallest absolute Gasteiger partial charge is 0.243 e. The van der Waals surface area contributed by atoms with E-state index in [1.54, 1.807) is 12.1 Å². The van der Waals surface area contributed by atoms with E-state index < -0.39 is 0 Å². The Hall–Kier alpha value is -2.42. The van der Waals surface area contributed by atoms with Gasteiger partial charge >= 0.3 is 0 Å². The standard InChI is InChI=1S/C28H33FN4O2S/c29-21-4-6-24-19(15-21)2-1-11-32(24)22-9-12-31(13-10-22)16-18-3-5-23-20(14-18)17-33(28(23)36)25-7-8-26(34)30-27(25)35/h3-6,14-15,22,25,28,36H,1-2,7-13,16-17H2,(H,30,34,35). The molecule has 2 fully saturated rings. The summed E-state index contributed by atoms with van der Waals surface area (Å²) in [6, 6.07) is 12.1. The van der Waals surface area contributed by atoms with E-state index in [1.165, 1.54) is 16.8 Å². The molecule has 2 atom stereocenters. The number of nitrogens with one attached hydrogen (secondary N) is 1. The zero-order valence-electron chi connectivity index (χ0n) is 20.5. The van der Waals surface area contributed by atoms with Gasteiger partial charge in [-0.15, -0.1) is 0 Å². The van der Waals surface area contributed by atoms with E-state index in [0.717, 1.165) is 63.0 Å². The van der Waals surface area contributed by atoms with Crippen LogP contribution in [0.5, 0.6) is 0 Å². The van der Waals surface area contributed by atoms with Crippen LogP contribution in [0.25, 0.3) is 0 Å². The maximum absolute atomic E-state index is 13.7. The highest BCUT2D eigenvalue weighted by Crippen LogP contribution is 2.40. The number of benzene rings is 2. The topological polar surface area (TPSA) is 55.9 Å². The highest BCUT2D eigenvalue weighted by molar-refractivity contribution is 7.80. The van der Waals surface area contributed by atoms with Crippen molar-refractivity contribution in [3.63, 3.8) is 0 Å². The van der Waals surface area contributed by atoms with Crippen molar-refractivity contribution in [2.75, 3.05) is 24.5 Å². The minimum Gasteiger partial charge on any atom is -0.368 e. The Labute approximate surface area is 217 Å². The normalized spacial score (nSPS) is 25.6. The molecule has 8 heteroatoms. The van der Waals surface area contributed by atoms with Gasteiger partial charge in [-0.25, -0.2) is 4.39 Å². The third kappa shape index (κ3) is 4.55. The minimum atomic E-state index is -0.309. The summed E-state index contributed by atoms with van der Waals surface area (Å²) in [5, 5.41) is 2.34. The number of piperidine rings is 2. The Morgan fingerprint density at radius 3 is 2.61 bits per heavy atom. The molecule has 2 unspecified atom stereocenters. The van der Waals surface area contributed by atoms with Gasteiger partial charge in [0.05, 0.1) is 11.4 Å². The second-order valence-electron chi connectivity index (χ2n) is 10.6. The number of carbonyl (C=O) groups is 2. The number of carbonyl (C=O) groups excluding carboxylic acids is 2. The van der Waals surface area contributed by atoms with Crippen LogP contribution >= 0.6 is 12.6 Å². The molecule has 0 aromatic heterocycles. The second kappa shape index (κ2) is 9.80. The molecule has 1 N–H and O–H groups in total. The predicted molar refractivity (Wildman–Crippen MR) is 140 cm³/mol. The maximum atomic E-state index is 13.7. The van der Waals surface area contributed by atoms with Gasteiger partial charge in [0.1, 0.15) is 5.82 Å². The summed E-state index contributed by atoms with van der Waals surface area (Å²) in [5.74, 6) is -0.528. The highest BCUT2D eigenvalue weighted by atomic mass is 32.1. The molecule has 6 nitrogen and oxygen atoms in total. The highest BCUT2D eigenvalue weighted by Gasteiger charge is 2.39. The zero-order valence-corrected chi connectivity index (χ0v) is 21.4. The molecule has 0 bridgehead atoms. The molecule has 4 aliphatic rings. The van der Waals surface area contributed by atoms with Gasteiger partial charge in [0.25, 0.3) is 0 Å². The van der Waals surface area contributed by atoms with Crippen molar-refractivity contribution in [2.45, 2.75) is 69.1 Å². The molecule has 0 aliphatic carbocycles. The fourth-order valence-corrected chi connectivity index (χ4v) is 7.00. The Morgan fingerprint density at radius 2 is 1.81 bits per heavy atom. The van der Waals surface area contributed by atoms with Gasteiger partial charge in [-0.1, -0.05) is 18.2 Å². The Kier molecular flexibility index (Phi) is 6.52. The molecule has 36 heavy (non-hydrogen) atoms. The quantitative estimate of drug-likeness (QED) is 0.486. The average molecular weight is 509 g/mol. The third-order valence-corrected chi connectivity index (χ3v) is 8.94. The summed E-state index contributed by atoms with van der Waals surface area (Å²) in [6.45, 7) is 4.75. The number of aryl methyl sites for hydroxylation is 1. The Balaban J connectivity index is 1.07. The van der Waals surface area contributed by atoms with Gasteiger partial charge in [0.2, 0.25) is 11.8 Å². The van der Waals surface area contributed by atoms with Gasteiger partial charge < -0.3 is 4.90 Å². The molecule has 0 spiro atoms. The minimum absolute atomic E-state index is 0.130. The first-order valence-corrected chi connectivity index (χ1v) is 13.6. The van der Waals surface area contributed by atoms with Gasteiger partial charge in [-0.05, 0) is 72.6 Å². The SMILES string of the molecule is O=C1CCC(N2Cc3cc(CN4CCC(N5CCCc6cc(F)ccc65)CC4)ccc3C2S)C(=O)N1. The number of nitrogens with zero attached hydrogens (tertiary/aromatic N) is 3. The lowest BCUT2D eigenvalue weighted by Crippen LogP contribution is -2.51. The lowest BCUT2D eigenvalue weighted by atomic mass is 9.95. The van der Waals surface area contributed by atoms with Crippen LogP contribution in [0.4, 0.5) is 10.1 Å². The van der Waals surface area contributed by atoms with Crippen LogP contribution < -0.4 is 10.2 Å². The van der Waals surface area contributed by atoms with E-state index in [-0.39, 0.29) is 29.0 Å². The number of halogens is 1. The van der Waals surface area contributed by atoms with Crippen molar-refractivity contribution in [1.29, 1.82) is 0 Å². The lowest BCUT2D eigenvalue weighted by molar-refractivity contribution is -0.137. The fourth-order valence-electron chi connectivity index (χ4n) is 6.51. The van der Waals surface area contributed by atoms with Crippen LogP contribution in [0, 0.1) is 5.82 Å². The monoisotopic (exact) mass is 508 g/mol. The number of fused-ring (bicyclic) bond motifs is 2. The number of imide groups is 1. The molecule has 0 saturated carbocycles. The second-order valence-corrected chi connectivity index (χ2v) is 11.1. The molecule has 2 saturated heterocycles. The van der Waals surface area contributed by atoms with Gasteiger partial charge in [-0.3, -0.25) is 24.7 Å². The maximum Gasteiger partial charge on any atom is 0.243 e. The van der Waals surface area contributed by atoms with E-state index in [1.807, 2.05) is 6.07 Å². The van der Waals surface area contributed by atoms with Crippen LogP contribution in [0.2, 0.25) is 0 Å². The van der Waals surface area contributed by atoms with E-state index in [0.29, 0.717) is 25.4 Å². The third-order valence-electron chi connectivity index (χ3n) is 8.36. The summed E-state index contributed by atoms with van der Waals surface area (Å²) >= 11 is 4.82. The van der Waals surface area contributed by atoms with Crippen LogP contribution in [0.1, 0.15) is 59.7 Å². The summed E-state index contributed by atoms with van der Waals surface area (Å²) < 4.78 is 13.7. The predicted octanol–water partition coefficient (Wildman–Crippen LogP) is 3.79. The van der Waals surface area contributed by atoms with E-state index >= 15 is 0 Å². The van der Waals surface area contributed by atoms with Gasteiger partial charge in [0.15, 0.2) is 0 Å². The number of rotatable bonds is 4. The molecule has 4 aliphatic heterocycles.